The Balaban J connectivity index is 1.11. The second kappa shape index (κ2) is 15.2. The van der Waals surface area contributed by atoms with Crippen LogP contribution >= 0.6 is 11.3 Å². The first-order chi connectivity index (χ1) is 27.8. The summed E-state index contributed by atoms with van der Waals surface area (Å²) in [4.78, 5) is 73.3. The first-order valence-electron chi connectivity index (χ1n) is 20.7. The standard InChI is InChI=1S/C40H48N8O5S/c1-21(2)33(42-23(5)49)38(50)47-17-7-9-29(47)36-41-20-28(44-36)32-16-15-31(54-32)25-11-13-26-24(19-25)12-14-27-35(26)45-37(43-27)30-10-8-18-48(30)39(51)34(22(3)4)46-40(52)53-6/h11-16,19-22,29-30,33-34H,7-10,17-18H2,1-6H3,(H,41,44)(H,42,49)(H,43,45)(H,46,52)/t29-,30-,33?,34?/m0/s1/i3D3,33D,34D/t22?,29-,30-,33?,34?. The fourth-order valence-corrected chi connectivity index (χ4v) is 8.41. The lowest BCUT2D eigenvalue weighted by atomic mass is 10.0. The SMILES string of the molecule is [2H]C([2H])([2H])C(C)C([2H])(NC(=O)OC)C(=O)N1CCC[C@H]1c1nc2c(ccc3cc(-c4ccc(-c5cnc([C@@H]6CCCN6C(=O)C([2H])(NC(C)=O)C(C)C)[nH]5)s4)ccc32)[nH]1. The largest absolute Gasteiger partial charge is 0.453 e. The Labute approximate surface area is 325 Å². The van der Waals surface area contributed by atoms with E-state index in [9.17, 15) is 19.2 Å². The Bertz CT molecular complexity index is 2430. The van der Waals surface area contributed by atoms with Gasteiger partial charge >= 0.3 is 6.09 Å². The van der Waals surface area contributed by atoms with E-state index in [1.54, 1.807) is 36.3 Å². The van der Waals surface area contributed by atoms with Crippen molar-refractivity contribution in [1.29, 1.82) is 0 Å². The number of nitrogens with one attached hydrogen (secondary N) is 4. The van der Waals surface area contributed by atoms with Crippen LogP contribution in [0.5, 0.6) is 0 Å². The van der Waals surface area contributed by atoms with Crippen molar-refractivity contribution in [2.24, 2.45) is 11.8 Å². The third-order valence-corrected chi connectivity index (χ3v) is 11.3. The van der Waals surface area contributed by atoms with Crippen LogP contribution in [0.25, 0.3) is 42.8 Å². The monoisotopic (exact) mass is 757 g/mol. The number of benzene rings is 2. The highest BCUT2D eigenvalue weighted by Gasteiger charge is 2.39. The second-order valence-electron chi connectivity index (χ2n) is 14.2. The fraction of sp³-hybridized carbons (Fsp3) is 0.450. The number of imidazole rings is 2. The highest BCUT2D eigenvalue weighted by Crippen LogP contribution is 2.39. The minimum absolute atomic E-state index is 0.258. The third-order valence-electron chi connectivity index (χ3n) is 10.1. The van der Waals surface area contributed by atoms with Gasteiger partial charge in [0, 0.05) is 34.4 Å². The van der Waals surface area contributed by atoms with Gasteiger partial charge in [0.1, 0.15) is 23.7 Å². The third kappa shape index (κ3) is 7.18. The number of nitrogens with zero attached hydrogens (tertiary/aromatic N) is 4. The number of aromatic nitrogens is 4. The molecule has 284 valence electrons. The van der Waals surface area contributed by atoms with Gasteiger partial charge in [-0.15, -0.1) is 11.3 Å². The molecule has 13 nitrogen and oxygen atoms in total. The van der Waals surface area contributed by atoms with Gasteiger partial charge in [-0.25, -0.2) is 14.8 Å². The summed E-state index contributed by atoms with van der Waals surface area (Å²) in [5.41, 5.74) is 3.26. The molecule has 5 aromatic rings. The van der Waals surface area contributed by atoms with E-state index >= 15 is 0 Å². The van der Waals surface area contributed by atoms with Crippen molar-refractivity contribution in [2.45, 2.75) is 84.3 Å². The molecule has 2 aliphatic rings. The average molecular weight is 758 g/mol. The highest BCUT2D eigenvalue weighted by molar-refractivity contribution is 7.18. The number of aromatic amines is 2. The molecular weight excluding hydrogens is 705 g/mol. The summed E-state index contributed by atoms with van der Waals surface area (Å²) >= 11 is 1.59. The number of hydrogen-bond donors (Lipinski definition) is 4. The zero-order chi connectivity index (χ0) is 42.6. The molecule has 54 heavy (non-hydrogen) atoms. The molecule has 0 bridgehead atoms. The Kier molecular flexibility index (Phi) is 8.79. The summed E-state index contributed by atoms with van der Waals surface area (Å²) in [6.45, 7) is 4.08. The summed E-state index contributed by atoms with van der Waals surface area (Å²) < 4.78 is 46.3. The van der Waals surface area contributed by atoms with E-state index in [0.29, 0.717) is 43.0 Å². The van der Waals surface area contributed by atoms with Crippen molar-refractivity contribution in [3.05, 3.63) is 60.3 Å². The minimum atomic E-state index is -2.71. The maximum atomic E-state index is 14.0. The Morgan fingerprint density at radius 1 is 0.907 bits per heavy atom. The van der Waals surface area contributed by atoms with Crippen molar-refractivity contribution >= 4 is 57.0 Å². The molecule has 0 saturated carbocycles. The van der Waals surface area contributed by atoms with Crippen molar-refractivity contribution in [1.82, 2.24) is 40.4 Å². The summed E-state index contributed by atoms with van der Waals surface area (Å²) in [6, 6.07) is 8.91. The van der Waals surface area contributed by atoms with E-state index in [2.05, 4.69) is 36.4 Å². The van der Waals surface area contributed by atoms with Crippen molar-refractivity contribution < 1.29 is 30.8 Å². The van der Waals surface area contributed by atoms with Crippen LogP contribution < -0.4 is 10.6 Å². The van der Waals surface area contributed by atoms with Gasteiger partial charge in [0.15, 0.2) is 0 Å². The Morgan fingerprint density at radius 3 is 2.26 bits per heavy atom. The molecule has 3 aromatic heterocycles. The van der Waals surface area contributed by atoms with Crippen LogP contribution in [0.2, 0.25) is 0 Å². The number of thiophene rings is 1. The molecular formula is C40H48N8O5S. The number of carbonyl (C=O) groups excluding carboxylic acids is 4. The summed E-state index contributed by atoms with van der Waals surface area (Å²) in [5.74, 6) is -2.56. The maximum Gasteiger partial charge on any atom is 0.407 e. The molecule has 2 saturated heterocycles. The number of fused-ring (bicyclic) bond motifs is 3. The molecule has 14 heteroatoms. The van der Waals surface area contributed by atoms with Crippen molar-refractivity contribution in [2.75, 3.05) is 20.2 Å². The molecule has 4 amide bonds. The molecule has 0 spiro atoms. The first-order valence-corrected chi connectivity index (χ1v) is 19.0. The van der Waals surface area contributed by atoms with E-state index in [-0.39, 0.29) is 12.6 Å². The van der Waals surface area contributed by atoms with E-state index < -0.39 is 60.6 Å². The smallest absolute Gasteiger partial charge is 0.407 e. The molecule has 2 aliphatic heterocycles. The summed E-state index contributed by atoms with van der Waals surface area (Å²) in [6.07, 6.45) is 3.26. The quantitative estimate of drug-likeness (QED) is 0.123. The van der Waals surface area contributed by atoms with Gasteiger partial charge in [-0.05, 0) is 72.7 Å². The normalized spacial score (nSPS) is 21.8. The molecule has 5 atom stereocenters. The second-order valence-corrected chi connectivity index (χ2v) is 15.3. The summed E-state index contributed by atoms with van der Waals surface area (Å²) in [5, 5.41) is 6.60. The molecule has 4 N–H and O–H groups in total. The molecule has 3 unspecified atom stereocenters. The molecule has 2 fully saturated rings. The molecule has 2 aromatic carbocycles. The molecule has 0 radical (unpaired) electrons. The maximum absolute atomic E-state index is 14.0. The zero-order valence-electron chi connectivity index (χ0n) is 35.9. The van der Waals surface area contributed by atoms with Crippen LogP contribution in [0.15, 0.2) is 48.7 Å². The number of alkyl carbamates (subject to hydrolysis) is 1. The lowest BCUT2D eigenvalue weighted by Crippen LogP contribution is -2.51. The highest BCUT2D eigenvalue weighted by atomic mass is 32.1. The van der Waals surface area contributed by atoms with Gasteiger partial charge < -0.3 is 35.1 Å². The van der Waals surface area contributed by atoms with Gasteiger partial charge in [-0.2, -0.15) is 0 Å². The number of carbonyl (C=O) groups is 4. The van der Waals surface area contributed by atoms with E-state index in [0.717, 1.165) is 50.8 Å². The first kappa shape index (κ1) is 31.1. The van der Waals surface area contributed by atoms with E-state index in [4.69, 9.17) is 11.8 Å². The number of methoxy groups -OCH3 is 1. The summed E-state index contributed by atoms with van der Waals surface area (Å²) in [7, 11) is 1.09. The van der Waals surface area contributed by atoms with Crippen LogP contribution in [0.1, 0.15) is 90.8 Å². The number of likely N-dealkylation sites (tertiary alicyclic amines) is 2. The van der Waals surface area contributed by atoms with Gasteiger partial charge in [0.25, 0.3) is 0 Å². The van der Waals surface area contributed by atoms with Gasteiger partial charge in [0.2, 0.25) is 17.7 Å². The van der Waals surface area contributed by atoms with Crippen LogP contribution in [0, 0.1) is 11.8 Å². The number of amides is 4. The Hall–Kier alpha value is -5.24. The predicted molar refractivity (Wildman–Crippen MR) is 208 cm³/mol. The topological polar surface area (TPSA) is 165 Å². The predicted octanol–water partition coefficient (Wildman–Crippen LogP) is 6.70. The van der Waals surface area contributed by atoms with Gasteiger partial charge in [-0.3, -0.25) is 14.4 Å². The van der Waals surface area contributed by atoms with E-state index in [1.807, 2.05) is 36.4 Å². The molecule has 5 heterocycles. The molecule has 7 rings (SSSR count). The van der Waals surface area contributed by atoms with Crippen LogP contribution in [-0.4, -0.2) is 85.8 Å². The van der Waals surface area contributed by atoms with Crippen LogP contribution in [0.4, 0.5) is 4.79 Å². The van der Waals surface area contributed by atoms with Gasteiger partial charge in [0.05, 0.1) is 49.7 Å². The number of H-pyrrole nitrogens is 2. The zero-order valence-corrected chi connectivity index (χ0v) is 31.7. The lowest BCUT2D eigenvalue weighted by molar-refractivity contribution is -0.138. The van der Waals surface area contributed by atoms with Crippen LogP contribution in [-0.2, 0) is 19.1 Å². The average Bonchev–Trinajstić information content (AvgIpc) is 4.04. The van der Waals surface area contributed by atoms with E-state index in [1.165, 1.54) is 18.7 Å². The lowest BCUT2D eigenvalue weighted by Gasteiger charge is -2.30. The fourth-order valence-electron chi connectivity index (χ4n) is 7.44. The number of rotatable bonds is 10. The molecule has 0 aliphatic carbocycles. The van der Waals surface area contributed by atoms with Gasteiger partial charge in [-0.1, -0.05) is 45.8 Å². The van der Waals surface area contributed by atoms with Crippen molar-refractivity contribution in [3.63, 3.8) is 0 Å². The minimum Gasteiger partial charge on any atom is -0.453 e. The Morgan fingerprint density at radius 2 is 1.59 bits per heavy atom. The van der Waals surface area contributed by atoms with Crippen molar-refractivity contribution in [3.8, 4) is 21.0 Å². The number of hydrogen-bond acceptors (Lipinski definition) is 8. The number of ether oxygens (including phenoxy) is 1. The van der Waals surface area contributed by atoms with Crippen LogP contribution in [0.3, 0.4) is 0 Å².